The van der Waals surface area contributed by atoms with E-state index in [-0.39, 0.29) is 45.9 Å². The van der Waals surface area contributed by atoms with Gasteiger partial charge < -0.3 is 21.3 Å². The molecule has 2 unspecified atom stereocenters. The zero-order valence-electron chi connectivity index (χ0n) is 62.1. The molecule has 16 nitrogen and oxygen atoms in total. The second kappa shape index (κ2) is 38.2. The van der Waals surface area contributed by atoms with Gasteiger partial charge in [0.1, 0.15) is 34.9 Å². The number of rotatable bonds is 18. The predicted molar refractivity (Wildman–Crippen MR) is 447 cm³/mol. The number of halogens is 10. The summed E-state index contributed by atoms with van der Waals surface area (Å²) in [5, 5.41) is 51.9. The molecule has 0 radical (unpaired) electrons. The molecule has 2 aliphatic rings. The molecule has 0 aliphatic heterocycles. The van der Waals surface area contributed by atoms with E-state index in [9.17, 15) is 33.2 Å². The summed E-state index contributed by atoms with van der Waals surface area (Å²) in [6.07, 6.45) is 10.4. The van der Waals surface area contributed by atoms with Crippen LogP contribution in [-0.4, -0.2) is 43.6 Å². The minimum Gasteiger partial charge on any atom is -0.340 e. The fraction of sp³-hybridized carbons (Fsp3) is 0.156. The van der Waals surface area contributed by atoms with E-state index in [0.29, 0.717) is 79.4 Å². The monoisotopic (exact) mass is 1700 g/mol. The number of aryl methyl sites for hydroxylation is 4. The summed E-state index contributed by atoms with van der Waals surface area (Å²) >= 11 is 48.4. The first-order chi connectivity index (χ1) is 55.6. The van der Waals surface area contributed by atoms with Crippen molar-refractivity contribution in [3.05, 3.63) is 395 Å². The molecule has 0 bridgehead atoms. The number of carbonyl (C=O) groups is 4. The number of hydrogen-bond acceptors (Lipinski definition) is 12. The van der Waals surface area contributed by atoms with E-state index in [4.69, 9.17) is 114 Å². The van der Waals surface area contributed by atoms with Gasteiger partial charge in [0.2, 0.25) is 0 Å². The van der Waals surface area contributed by atoms with Crippen LogP contribution in [-0.2, 0) is 11.1 Å². The minimum atomic E-state index is -0.861. The topological polar surface area (TPSA) is 263 Å². The van der Waals surface area contributed by atoms with E-state index in [1.807, 2.05) is 87.6 Å². The summed E-state index contributed by atoms with van der Waals surface area (Å²) < 4.78 is 28.0. The molecule has 4 amide bonds. The van der Waals surface area contributed by atoms with Gasteiger partial charge in [0.05, 0.1) is 99.4 Å². The van der Waals surface area contributed by atoms with E-state index in [1.54, 1.807) is 134 Å². The Labute approximate surface area is 708 Å². The molecule has 2 saturated carbocycles. The van der Waals surface area contributed by atoms with Crippen molar-refractivity contribution in [1.29, 1.82) is 21.0 Å². The number of pyridine rings is 4. The van der Waals surface area contributed by atoms with Crippen LogP contribution >= 0.6 is 92.8 Å². The molecule has 0 saturated heterocycles. The van der Waals surface area contributed by atoms with Crippen LogP contribution in [0.1, 0.15) is 169 Å². The number of carbonyl (C=O) groups excluding carboxylic acids is 4. The summed E-state index contributed by atoms with van der Waals surface area (Å²) in [7, 11) is 0. The molecule has 12 aromatic rings. The third-order valence-corrected chi connectivity index (χ3v) is 21.8. The maximum absolute atomic E-state index is 14.1. The van der Waals surface area contributed by atoms with Crippen LogP contribution in [0.25, 0.3) is 0 Å². The molecule has 2 fully saturated rings. The fourth-order valence-corrected chi connectivity index (χ4v) is 14.1. The number of nitrogens with one attached hydrogen (secondary N) is 4. The van der Waals surface area contributed by atoms with Gasteiger partial charge in [-0.1, -0.05) is 141 Å². The highest BCUT2D eigenvalue weighted by Gasteiger charge is 2.51. The first-order valence-electron chi connectivity index (χ1n) is 35.8. The lowest BCUT2D eigenvalue weighted by Crippen LogP contribution is -2.49. The van der Waals surface area contributed by atoms with Crippen molar-refractivity contribution in [2.75, 3.05) is 0 Å². The maximum Gasteiger partial charge on any atom is 0.252 e. The molecule has 26 heteroatoms. The van der Waals surface area contributed by atoms with Gasteiger partial charge in [-0.2, -0.15) is 21.0 Å². The van der Waals surface area contributed by atoms with Crippen LogP contribution in [0, 0.1) is 96.5 Å². The van der Waals surface area contributed by atoms with Gasteiger partial charge in [0.15, 0.2) is 0 Å². The molecule has 0 spiro atoms. The standard InChI is InChI=1S/C25H22ClN3O.C24H19ClFN3O.C21H14Cl3N3O.C20H11Cl3FN3O/c1-16-3-12-23(28-15-16)25(20-6-7-20,21-8-10-22(26)11-9-21)29-24(30)18-4-5-19(14-27)17(2)13-18;1-15-2-11-22(28-14-15)24(18-5-6-18,19-7-9-20(25)10-8-19)29-23(30)16-3-4-17(13-27)21(26)12-16;1-12-8-14(2-3-15(12)10-25)21(28)27-20(19-7-5-16(22)11-26-19)13-4-6-17(23)18(24)9-13;21-14-4-6-18(26-10-14)19(11-3-5-15(22)16(23)7-11)27-20(28)12-1-2-13(9-25)17(24)8-12/h3-5,8-13,15,20H,6-7H2,1-2H3,(H,29,30);2-4,7-12,14,18H,5-6H2,1H3,(H,29,30);2-9,11,20H,1H3,(H,27,28);1-8,10,19H,(H,27,28)/t;;20-;19-/m..11/s1. The van der Waals surface area contributed by atoms with E-state index in [0.717, 1.165) is 88.1 Å². The van der Waals surface area contributed by atoms with Gasteiger partial charge in [-0.05, 0) is 267 Å². The Morgan fingerprint density at radius 2 is 0.707 bits per heavy atom. The number of benzene rings is 8. The Kier molecular flexibility index (Phi) is 28.1. The summed E-state index contributed by atoms with van der Waals surface area (Å²) in [6.45, 7) is 7.57. The van der Waals surface area contributed by atoms with Crippen molar-refractivity contribution in [2.24, 2.45) is 11.8 Å². The predicted octanol–water partition coefficient (Wildman–Crippen LogP) is 21.8. The Balaban J connectivity index is 0.000000152. The van der Waals surface area contributed by atoms with Crippen molar-refractivity contribution in [3.63, 3.8) is 0 Å². The third kappa shape index (κ3) is 20.5. The SMILES string of the molecule is Cc1cc(C(=O)N[C@H](c2ccc(Cl)c(Cl)c2)c2ccc(Cl)cn2)ccc1C#N.Cc1ccc(C(NC(=O)c2ccc(C#N)c(C)c2)(c2ccc(Cl)cc2)C2CC2)nc1.Cc1ccc(C(NC(=O)c2ccc(C#N)c(F)c2)(c2ccc(Cl)cc2)C2CC2)nc1.N#Cc1ccc(C(=O)N[C@H](c2ccc(Cl)c(Cl)c2)c2ccc(Cl)cn2)cc1F. The first-order valence-corrected chi connectivity index (χ1v) is 38.9. The molecule has 116 heavy (non-hydrogen) atoms. The van der Waals surface area contributed by atoms with Crippen LogP contribution < -0.4 is 21.3 Å². The second-order valence-corrected chi connectivity index (χ2v) is 30.8. The molecular weight excluding hydrogens is 1630 g/mol. The molecular formula is C90H66Cl8F2N12O4. The van der Waals surface area contributed by atoms with Crippen molar-refractivity contribution >= 4 is 116 Å². The van der Waals surface area contributed by atoms with Crippen molar-refractivity contribution in [2.45, 2.75) is 76.5 Å². The van der Waals surface area contributed by atoms with Crippen molar-refractivity contribution in [3.8, 4) is 24.3 Å². The van der Waals surface area contributed by atoms with Crippen LogP contribution in [0.5, 0.6) is 0 Å². The Bertz CT molecular complexity index is 5410. The largest absolute Gasteiger partial charge is 0.340 e. The maximum atomic E-state index is 14.1. The highest BCUT2D eigenvalue weighted by Crippen LogP contribution is 2.51. The minimum absolute atomic E-state index is 0.0653. The normalized spacial score (nSPS) is 13.4. The molecule has 8 aromatic carbocycles. The Hall–Kier alpha value is -11.6. The summed E-state index contributed by atoms with van der Waals surface area (Å²) in [4.78, 5) is 70.1. The van der Waals surface area contributed by atoms with Crippen LogP contribution in [0.4, 0.5) is 8.78 Å². The second-order valence-electron chi connectivity index (χ2n) is 27.4. The zero-order chi connectivity index (χ0) is 83.1. The number of hydrogen-bond donors (Lipinski definition) is 4. The van der Waals surface area contributed by atoms with Crippen LogP contribution in [0.2, 0.25) is 40.2 Å². The Morgan fingerprint density at radius 1 is 0.371 bits per heavy atom. The molecule has 4 atom stereocenters. The lowest BCUT2D eigenvalue weighted by atomic mass is 9.81. The van der Waals surface area contributed by atoms with E-state index >= 15 is 0 Å². The highest BCUT2D eigenvalue weighted by molar-refractivity contribution is 6.42. The van der Waals surface area contributed by atoms with Crippen LogP contribution in [0.3, 0.4) is 0 Å². The third-order valence-electron chi connectivity index (χ3n) is 19.3. The number of nitrogens with zero attached hydrogens (tertiary/aromatic N) is 8. The molecule has 4 aromatic heterocycles. The quantitative estimate of drug-likeness (QED) is 0.0625. The van der Waals surface area contributed by atoms with E-state index < -0.39 is 46.6 Å². The van der Waals surface area contributed by atoms with Gasteiger partial charge in [0, 0.05) is 57.1 Å². The zero-order valence-corrected chi connectivity index (χ0v) is 68.1. The van der Waals surface area contributed by atoms with Crippen LogP contribution in [0.15, 0.2) is 231 Å². The molecule has 580 valence electrons. The molecule has 4 N–H and O–H groups in total. The summed E-state index contributed by atoms with van der Waals surface area (Å²) in [5.74, 6) is -2.56. The van der Waals surface area contributed by atoms with E-state index in [2.05, 4.69) is 48.4 Å². The fourth-order valence-electron chi connectivity index (χ4n) is 13.0. The summed E-state index contributed by atoms with van der Waals surface area (Å²) in [6, 6.07) is 63.7. The molecule has 14 rings (SSSR count). The molecule has 2 aliphatic carbocycles. The van der Waals surface area contributed by atoms with Crippen molar-refractivity contribution in [1.82, 2.24) is 41.2 Å². The lowest BCUT2D eigenvalue weighted by Gasteiger charge is -2.35. The lowest BCUT2D eigenvalue weighted by molar-refractivity contribution is 0.0892. The van der Waals surface area contributed by atoms with Gasteiger partial charge in [0.25, 0.3) is 23.6 Å². The van der Waals surface area contributed by atoms with Gasteiger partial charge in [-0.25, -0.2) is 8.78 Å². The Morgan fingerprint density at radius 3 is 1.01 bits per heavy atom. The average Bonchev–Trinajstić information content (AvgIpc) is 1.56. The average molecular weight is 1700 g/mol. The van der Waals surface area contributed by atoms with E-state index in [1.165, 1.54) is 36.7 Å². The number of amides is 4. The summed E-state index contributed by atoms with van der Waals surface area (Å²) in [5.41, 5.74) is 9.85. The van der Waals surface area contributed by atoms with Crippen molar-refractivity contribution < 1.29 is 28.0 Å². The van der Waals surface area contributed by atoms with Gasteiger partial charge >= 0.3 is 0 Å². The number of nitriles is 4. The first kappa shape index (κ1) is 85.3. The number of aromatic nitrogens is 4. The van der Waals surface area contributed by atoms with Gasteiger partial charge in [-0.15, -0.1) is 0 Å². The van der Waals surface area contributed by atoms with Gasteiger partial charge in [-0.3, -0.25) is 39.1 Å². The smallest absolute Gasteiger partial charge is 0.252 e. The molecule has 4 heterocycles. The highest BCUT2D eigenvalue weighted by atomic mass is 35.5.